The first-order chi connectivity index (χ1) is 7.02. The van der Waals surface area contributed by atoms with Crippen molar-refractivity contribution in [2.45, 2.75) is 33.3 Å². The van der Waals surface area contributed by atoms with Gasteiger partial charge in [-0.05, 0) is 26.3 Å². The average molecular weight is 209 g/mol. The lowest BCUT2D eigenvalue weighted by Gasteiger charge is -2.12. The van der Waals surface area contributed by atoms with Gasteiger partial charge in [0.2, 0.25) is 5.88 Å². The van der Waals surface area contributed by atoms with E-state index in [9.17, 15) is 4.79 Å². The van der Waals surface area contributed by atoms with E-state index in [1.807, 2.05) is 13.8 Å². The van der Waals surface area contributed by atoms with Gasteiger partial charge in [0.25, 0.3) is 0 Å². The molecule has 1 atom stereocenters. The van der Waals surface area contributed by atoms with Crippen molar-refractivity contribution in [2.24, 2.45) is 0 Å². The van der Waals surface area contributed by atoms with Crippen LogP contribution in [-0.2, 0) is 0 Å². The molecule has 0 bridgehead atoms. The van der Waals surface area contributed by atoms with Gasteiger partial charge in [-0.3, -0.25) is 0 Å². The molecule has 0 aromatic carbocycles. The van der Waals surface area contributed by atoms with Crippen molar-refractivity contribution in [3.63, 3.8) is 0 Å². The number of aromatic carboxylic acids is 1. The van der Waals surface area contributed by atoms with Crippen molar-refractivity contribution in [3.8, 4) is 5.88 Å². The van der Waals surface area contributed by atoms with E-state index in [1.54, 1.807) is 6.92 Å². The van der Waals surface area contributed by atoms with Crippen LogP contribution in [0, 0.1) is 6.92 Å². The number of nitrogens with zero attached hydrogens (tertiary/aromatic N) is 1. The molecule has 1 N–H and O–H groups in total. The zero-order valence-corrected chi connectivity index (χ0v) is 9.15. The van der Waals surface area contributed by atoms with Gasteiger partial charge >= 0.3 is 5.97 Å². The summed E-state index contributed by atoms with van der Waals surface area (Å²) in [6.07, 6.45) is 0.902. The number of pyridine rings is 1. The van der Waals surface area contributed by atoms with Crippen LogP contribution in [0.2, 0.25) is 0 Å². The fourth-order valence-electron chi connectivity index (χ4n) is 1.11. The predicted octanol–water partition coefficient (Wildman–Crippen LogP) is 2.27. The lowest BCUT2D eigenvalue weighted by molar-refractivity contribution is 0.0695. The number of aryl methyl sites for hydroxylation is 1. The van der Waals surface area contributed by atoms with E-state index >= 15 is 0 Å². The minimum Gasteiger partial charge on any atom is -0.478 e. The molecule has 0 spiro atoms. The highest BCUT2D eigenvalue weighted by molar-refractivity contribution is 5.87. The zero-order chi connectivity index (χ0) is 11.4. The summed E-state index contributed by atoms with van der Waals surface area (Å²) in [5, 5.41) is 8.84. The van der Waals surface area contributed by atoms with Crippen molar-refractivity contribution in [2.75, 3.05) is 0 Å². The van der Waals surface area contributed by atoms with Crippen LogP contribution in [0.25, 0.3) is 0 Å². The fraction of sp³-hybridized carbons (Fsp3) is 0.455. The minimum absolute atomic E-state index is 0.0425. The smallest absolute Gasteiger partial charge is 0.335 e. The molecule has 82 valence electrons. The van der Waals surface area contributed by atoms with E-state index in [1.165, 1.54) is 12.1 Å². The summed E-state index contributed by atoms with van der Waals surface area (Å²) in [4.78, 5) is 14.9. The number of rotatable bonds is 4. The molecule has 0 aliphatic carbocycles. The number of carboxylic acids is 1. The highest BCUT2D eigenvalue weighted by Crippen LogP contribution is 2.14. The molecule has 0 radical (unpaired) electrons. The van der Waals surface area contributed by atoms with Gasteiger partial charge in [0.1, 0.15) is 0 Å². The Morgan fingerprint density at radius 3 is 2.80 bits per heavy atom. The average Bonchev–Trinajstić information content (AvgIpc) is 2.16. The van der Waals surface area contributed by atoms with Crippen LogP contribution in [0.1, 0.15) is 36.3 Å². The molecule has 4 nitrogen and oxygen atoms in total. The van der Waals surface area contributed by atoms with E-state index in [0.29, 0.717) is 11.6 Å². The Kier molecular flexibility index (Phi) is 3.66. The molecule has 1 aromatic rings. The van der Waals surface area contributed by atoms with Crippen LogP contribution in [0.15, 0.2) is 12.1 Å². The van der Waals surface area contributed by atoms with Gasteiger partial charge < -0.3 is 9.84 Å². The molecule has 1 unspecified atom stereocenters. The van der Waals surface area contributed by atoms with E-state index in [0.717, 1.165) is 6.42 Å². The molecule has 1 rings (SSSR count). The largest absolute Gasteiger partial charge is 0.478 e. The molecular weight excluding hydrogens is 194 g/mol. The second-order valence-corrected chi connectivity index (χ2v) is 3.48. The van der Waals surface area contributed by atoms with Crippen molar-refractivity contribution >= 4 is 5.97 Å². The second-order valence-electron chi connectivity index (χ2n) is 3.48. The Bertz CT molecular complexity index is 363. The summed E-state index contributed by atoms with van der Waals surface area (Å²) >= 11 is 0. The van der Waals surface area contributed by atoms with Crippen LogP contribution in [0.4, 0.5) is 0 Å². The van der Waals surface area contributed by atoms with E-state index in [4.69, 9.17) is 9.84 Å². The fourth-order valence-corrected chi connectivity index (χ4v) is 1.11. The zero-order valence-electron chi connectivity index (χ0n) is 9.15. The van der Waals surface area contributed by atoms with Crippen LogP contribution >= 0.6 is 0 Å². The predicted molar refractivity (Wildman–Crippen MR) is 56.3 cm³/mol. The molecule has 1 aromatic heterocycles. The molecule has 1 heterocycles. The first kappa shape index (κ1) is 11.5. The summed E-state index contributed by atoms with van der Waals surface area (Å²) in [5.74, 6) is -0.587. The van der Waals surface area contributed by atoms with Gasteiger partial charge in [-0.1, -0.05) is 6.92 Å². The summed E-state index contributed by atoms with van der Waals surface area (Å²) < 4.78 is 5.46. The Balaban J connectivity index is 2.93. The normalized spacial score (nSPS) is 12.2. The summed E-state index contributed by atoms with van der Waals surface area (Å²) in [6.45, 7) is 5.67. The number of carboxylic acid groups (broad SMARTS) is 1. The summed E-state index contributed by atoms with van der Waals surface area (Å²) in [5.41, 5.74) is 0.856. The molecule has 0 fully saturated rings. The standard InChI is InChI=1S/C11H15NO3/c1-4-8(3)15-10-6-9(11(13)14)5-7(2)12-10/h5-6,8H,4H2,1-3H3,(H,13,14). The minimum atomic E-state index is -0.963. The van der Waals surface area contributed by atoms with Crippen molar-refractivity contribution in [1.29, 1.82) is 0 Å². The third-order valence-corrected chi connectivity index (χ3v) is 2.07. The van der Waals surface area contributed by atoms with Gasteiger partial charge in [-0.25, -0.2) is 9.78 Å². The van der Waals surface area contributed by atoms with Gasteiger partial charge in [0.05, 0.1) is 11.7 Å². The molecule has 0 aliphatic heterocycles. The van der Waals surface area contributed by atoms with Crippen molar-refractivity contribution < 1.29 is 14.6 Å². The SMILES string of the molecule is CCC(C)Oc1cc(C(=O)O)cc(C)n1. The third-order valence-electron chi connectivity index (χ3n) is 2.07. The first-order valence-corrected chi connectivity index (χ1v) is 4.91. The number of ether oxygens (including phenoxy) is 1. The second kappa shape index (κ2) is 4.77. The Hall–Kier alpha value is -1.58. The number of hydrogen-bond acceptors (Lipinski definition) is 3. The lowest BCUT2D eigenvalue weighted by Crippen LogP contribution is -2.12. The van der Waals surface area contributed by atoms with E-state index in [-0.39, 0.29) is 11.7 Å². The summed E-state index contributed by atoms with van der Waals surface area (Å²) in [7, 11) is 0. The monoisotopic (exact) mass is 209 g/mol. The van der Waals surface area contributed by atoms with Gasteiger partial charge in [-0.15, -0.1) is 0 Å². The maximum Gasteiger partial charge on any atom is 0.335 e. The van der Waals surface area contributed by atoms with Gasteiger partial charge in [0.15, 0.2) is 0 Å². The van der Waals surface area contributed by atoms with Crippen LogP contribution in [0.5, 0.6) is 5.88 Å². The molecule has 0 amide bonds. The van der Waals surface area contributed by atoms with E-state index in [2.05, 4.69) is 4.98 Å². The van der Waals surface area contributed by atoms with Gasteiger partial charge in [-0.2, -0.15) is 0 Å². The van der Waals surface area contributed by atoms with Crippen LogP contribution in [-0.4, -0.2) is 22.2 Å². The Morgan fingerprint density at radius 2 is 2.27 bits per heavy atom. The highest BCUT2D eigenvalue weighted by Gasteiger charge is 2.09. The summed E-state index contributed by atoms with van der Waals surface area (Å²) in [6, 6.07) is 2.97. The highest BCUT2D eigenvalue weighted by atomic mass is 16.5. The van der Waals surface area contributed by atoms with E-state index < -0.39 is 5.97 Å². The number of hydrogen-bond donors (Lipinski definition) is 1. The van der Waals surface area contributed by atoms with Crippen LogP contribution in [0.3, 0.4) is 0 Å². The molecule has 0 aliphatic rings. The quantitative estimate of drug-likeness (QED) is 0.826. The Labute approximate surface area is 88.9 Å². The maximum absolute atomic E-state index is 10.8. The topological polar surface area (TPSA) is 59.4 Å². The van der Waals surface area contributed by atoms with Crippen molar-refractivity contribution in [3.05, 3.63) is 23.4 Å². The number of aromatic nitrogens is 1. The molecule has 0 saturated heterocycles. The molecular formula is C11H15NO3. The third kappa shape index (κ3) is 3.23. The van der Waals surface area contributed by atoms with Crippen LogP contribution < -0.4 is 4.74 Å². The Morgan fingerprint density at radius 1 is 1.60 bits per heavy atom. The first-order valence-electron chi connectivity index (χ1n) is 4.91. The maximum atomic E-state index is 10.8. The lowest BCUT2D eigenvalue weighted by atomic mass is 10.2. The van der Waals surface area contributed by atoms with Gasteiger partial charge in [0, 0.05) is 11.8 Å². The molecule has 15 heavy (non-hydrogen) atoms. The molecule has 4 heteroatoms. The molecule has 0 saturated carbocycles. The van der Waals surface area contributed by atoms with Crippen molar-refractivity contribution in [1.82, 2.24) is 4.98 Å². The number of carbonyl (C=O) groups is 1.